The summed E-state index contributed by atoms with van der Waals surface area (Å²) in [6.45, 7) is 4.48. The number of benzene rings is 1. The highest BCUT2D eigenvalue weighted by atomic mass is 16.5. The number of hydrogen-bond acceptors (Lipinski definition) is 3. The minimum absolute atomic E-state index is 0.138. The molecule has 1 aromatic heterocycles. The number of H-pyrrole nitrogens is 1. The molecule has 1 heterocycles. The van der Waals surface area contributed by atoms with Crippen molar-refractivity contribution < 1.29 is 4.74 Å². The molecule has 0 amide bonds. The zero-order chi connectivity index (χ0) is 13.8. The van der Waals surface area contributed by atoms with E-state index in [2.05, 4.69) is 42.0 Å². The fourth-order valence-electron chi connectivity index (χ4n) is 2.23. The summed E-state index contributed by atoms with van der Waals surface area (Å²) in [5.41, 5.74) is 4.10. The number of rotatable bonds is 4. The molecule has 1 aromatic carbocycles. The topological polar surface area (TPSA) is 55.0 Å². The fourth-order valence-corrected chi connectivity index (χ4v) is 2.23. The molecule has 4 nitrogen and oxygen atoms in total. The average Bonchev–Trinajstić information content (AvgIpc) is 2.26. The molecule has 0 saturated heterocycles. The van der Waals surface area contributed by atoms with Crippen molar-refractivity contribution in [2.24, 2.45) is 0 Å². The van der Waals surface area contributed by atoms with E-state index in [1.807, 2.05) is 0 Å². The Balaban J connectivity index is 2.29. The van der Waals surface area contributed by atoms with Gasteiger partial charge in [0.15, 0.2) is 0 Å². The van der Waals surface area contributed by atoms with E-state index in [-0.39, 0.29) is 5.56 Å². The molecule has 0 unspecified atom stereocenters. The van der Waals surface area contributed by atoms with Gasteiger partial charge in [0.25, 0.3) is 5.56 Å². The molecule has 0 atom stereocenters. The Morgan fingerprint density at radius 3 is 2.47 bits per heavy atom. The van der Waals surface area contributed by atoms with Crippen molar-refractivity contribution in [1.82, 2.24) is 9.97 Å². The van der Waals surface area contributed by atoms with Gasteiger partial charge in [0.2, 0.25) is 0 Å². The Labute approximate surface area is 112 Å². The molecule has 4 heteroatoms. The van der Waals surface area contributed by atoms with Crippen LogP contribution in [0.1, 0.15) is 28.2 Å². The minimum Gasteiger partial charge on any atom is -0.378 e. The molecule has 0 spiro atoms. The lowest BCUT2D eigenvalue weighted by Gasteiger charge is -2.06. The Bertz CT molecular complexity index is 612. The van der Waals surface area contributed by atoms with Gasteiger partial charge in [-0.05, 0) is 19.4 Å². The van der Waals surface area contributed by atoms with Gasteiger partial charge < -0.3 is 9.72 Å². The summed E-state index contributed by atoms with van der Waals surface area (Å²) < 4.78 is 5.01. The Kier molecular flexibility index (Phi) is 4.12. The number of nitrogens with one attached hydrogen (secondary N) is 1. The van der Waals surface area contributed by atoms with Crippen molar-refractivity contribution in [1.29, 1.82) is 0 Å². The molecule has 0 fully saturated rings. The smallest absolute Gasteiger partial charge is 0.251 e. The van der Waals surface area contributed by atoms with Gasteiger partial charge in [0.1, 0.15) is 5.82 Å². The molecular formula is C15H18N2O2. The third kappa shape index (κ3) is 3.76. The van der Waals surface area contributed by atoms with Crippen LogP contribution >= 0.6 is 0 Å². The number of ether oxygens (including phenoxy) is 1. The third-order valence-corrected chi connectivity index (χ3v) is 2.79. The molecule has 0 saturated carbocycles. The fraction of sp³-hybridized carbons (Fsp3) is 0.333. The molecule has 100 valence electrons. The summed E-state index contributed by atoms with van der Waals surface area (Å²) >= 11 is 0. The summed E-state index contributed by atoms with van der Waals surface area (Å²) in [5, 5.41) is 0. The van der Waals surface area contributed by atoms with E-state index in [1.165, 1.54) is 17.2 Å². The van der Waals surface area contributed by atoms with E-state index in [1.54, 1.807) is 7.11 Å². The minimum atomic E-state index is -0.138. The Morgan fingerprint density at radius 1 is 1.16 bits per heavy atom. The van der Waals surface area contributed by atoms with Gasteiger partial charge in [-0.15, -0.1) is 0 Å². The van der Waals surface area contributed by atoms with E-state index in [9.17, 15) is 4.79 Å². The maximum Gasteiger partial charge on any atom is 0.251 e. The maximum atomic E-state index is 11.6. The molecular weight excluding hydrogens is 240 g/mol. The van der Waals surface area contributed by atoms with Crippen LogP contribution < -0.4 is 5.56 Å². The van der Waals surface area contributed by atoms with E-state index in [0.29, 0.717) is 24.5 Å². The number of aromatic amines is 1. The number of nitrogens with zero attached hydrogens (tertiary/aromatic N) is 1. The first kappa shape index (κ1) is 13.5. The highest BCUT2D eigenvalue weighted by molar-refractivity contribution is 5.30. The quantitative estimate of drug-likeness (QED) is 0.914. The third-order valence-electron chi connectivity index (χ3n) is 2.79. The number of aryl methyl sites for hydroxylation is 2. The first-order valence-electron chi connectivity index (χ1n) is 6.22. The predicted octanol–water partition coefficient (Wildman–Crippen LogP) is 2.12. The summed E-state index contributed by atoms with van der Waals surface area (Å²) in [6.07, 6.45) is 0.620. The van der Waals surface area contributed by atoms with Gasteiger partial charge in [0, 0.05) is 19.6 Å². The number of hydrogen-bond donors (Lipinski definition) is 1. The standard InChI is InChI=1S/C15H18N2O2/c1-10-4-11(2)6-12(5-10)7-14-16-13(9-19-3)8-15(18)17-14/h4-6,8H,7,9H2,1-3H3,(H,16,17,18). The van der Waals surface area contributed by atoms with Crippen molar-refractivity contribution in [2.45, 2.75) is 26.9 Å². The maximum absolute atomic E-state index is 11.6. The van der Waals surface area contributed by atoms with Crippen molar-refractivity contribution >= 4 is 0 Å². The first-order valence-corrected chi connectivity index (χ1v) is 6.22. The van der Waals surface area contributed by atoms with Gasteiger partial charge in [0.05, 0.1) is 12.3 Å². The molecule has 0 aliphatic rings. The van der Waals surface area contributed by atoms with Crippen LogP contribution in [0.3, 0.4) is 0 Å². The monoisotopic (exact) mass is 258 g/mol. The second-order valence-corrected chi connectivity index (χ2v) is 4.79. The lowest BCUT2D eigenvalue weighted by Crippen LogP contribution is -2.13. The van der Waals surface area contributed by atoms with Crippen LogP contribution in [0.4, 0.5) is 0 Å². The van der Waals surface area contributed by atoms with E-state index < -0.39 is 0 Å². The first-order chi connectivity index (χ1) is 9.06. The van der Waals surface area contributed by atoms with Crippen LogP contribution in [0.2, 0.25) is 0 Å². The van der Waals surface area contributed by atoms with Crippen LogP contribution in [0, 0.1) is 13.8 Å². The van der Waals surface area contributed by atoms with E-state index in [4.69, 9.17) is 4.74 Å². The summed E-state index contributed by atoms with van der Waals surface area (Å²) in [4.78, 5) is 18.7. The van der Waals surface area contributed by atoms with Crippen molar-refractivity contribution in [2.75, 3.05) is 7.11 Å². The molecule has 0 aliphatic heterocycles. The van der Waals surface area contributed by atoms with Crippen molar-refractivity contribution in [3.05, 3.63) is 62.8 Å². The molecule has 19 heavy (non-hydrogen) atoms. The number of methoxy groups -OCH3 is 1. The Morgan fingerprint density at radius 2 is 1.84 bits per heavy atom. The molecule has 1 N–H and O–H groups in total. The van der Waals surface area contributed by atoms with Gasteiger partial charge in [-0.3, -0.25) is 4.79 Å². The van der Waals surface area contributed by atoms with Gasteiger partial charge in [-0.25, -0.2) is 4.98 Å². The lowest BCUT2D eigenvalue weighted by molar-refractivity contribution is 0.181. The predicted molar refractivity (Wildman–Crippen MR) is 74.3 cm³/mol. The summed E-state index contributed by atoms with van der Waals surface area (Å²) in [5.74, 6) is 0.671. The van der Waals surface area contributed by atoms with Gasteiger partial charge in [-0.2, -0.15) is 0 Å². The van der Waals surface area contributed by atoms with Crippen LogP contribution in [0.5, 0.6) is 0 Å². The van der Waals surface area contributed by atoms with E-state index in [0.717, 1.165) is 5.56 Å². The molecule has 2 rings (SSSR count). The second kappa shape index (κ2) is 5.80. The van der Waals surface area contributed by atoms with Gasteiger partial charge >= 0.3 is 0 Å². The zero-order valence-electron chi connectivity index (χ0n) is 11.5. The zero-order valence-corrected chi connectivity index (χ0v) is 11.5. The van der Waals surface area contributed by atoms with E-state index >= 15 is 0 Å². The van der Waals surface area contributed by atoms with Crippen LogP contribution in [0.25, 0.3) is 0 Å². The van der Waals surface area contributed by atoms with Crippen molar-refractivity contribution in [3.8, 4) is 0 Å². The number of aromatic nitrogens is 2. The molecule has 0 bridgehead atoms. The van der Waals surface area contributed by atoms with Crippen molar-refractivity contribution in [3.63, 3.8) is 0 Å². The second-order valence-electron chi connectivity index (χ2n) is 4.79. The Hall–Kier alpha value is -1.94. The van der Waals surface area contributed by atoms with Gasteiger partial charge in [-0.1, -0.05) is 29.3 Å². The average molecular weight is 258 g/mol. The van der Waals surface area contributed by atoms with Crippen LogP contribution in [-0.4, -0.2) is 17.1 Å². The van der Waals surface area contributed by atoms with Crippen LogP contribution in [-0.2, 0) is 17.8 Å². The molecule has 0 aliphatic carbocycles. The lowest BCUT2D eigenvalue weighted by atomic mass is 10.0. The normalized spacial score (nSPS) is 10.7. The highest BCUT2D eigenvalue weighted by Gasteiger charge is 2.04. The molecule has 0 radical (unpaired) electrons. The largest absolute Gasteiger partial charge is 0.378 e. The highest BCUT2D eigenvalue weighted by Crippen LogP contribution is 2.11. The summed E-state index contributed by atoms with van der Waals surface area (Å²) in [7, 11) is 1.59. The summed E-state index contributed by atoms with van der Waals surface area (Å²) in [6, 6.07) is 7.81. The molecule has 2 aromatic rings. The SMILES string of the molecule is COCc1cc(=O)[nH]c(Cc2cc(C)cc(C)c2)n1. The van der Waals surface area contributed by atoms with Crippen LogP contribution in [0.15, 0.2) is 29.1 Å².